The van der Waals surface area contributed by atoms with Crippen molar-refractivity contribution in [3.63, 3.8) is 0 Å². The standard InChI is InChI=1S/C18H19Cl2N3O2/c1-11(16-8-3-13(19)9-17(16)20)21-10-18(25)23-15-6-4-14(5-7-15)22-12(2)24/h3-9,11,21H,10H2,1-2H3,(H,22,24)(H,23,25)/t11-/m0/s1. The summed E-state index contributed by atoms with van der Waals surface area (Å²) in [5.41, 5.74) is 2.20. The Balaban J connectivity index is 1.86. The first-order valence-electron chi connectivity index (χ1n) is 7.71. The van der Waals surface area contributed by atoms with Crippen LogP contribution in [0.3, 0.4) is 0 Å². The van der Waals surface area contributed by atoms with Crippen LogP contribution in [0.15, 0.2) is 42.5 Å². The predicted octanol–water partition coefficient (Wildman–Crippen LogP) is 4.24. The van der Waals surface area contributed by atoms with Crippen molar-refractivity contribution >= 4 is 46.4 Å². The number of hydrogen-bond donors (Lipinski definition) is 3. The first-order chi connectivity index (χ1) is 11.8. The molecule has 0 fully saturated rings. The third-order valence-corrected chi connectivity index (χ3v) is 4.05. The number of benzene rings is 2. The molecule has 0 radical (unpaired) electrons. The van der Waals surface area contributed by atoms with Gasteiger partial charge >= 0.3 is 0 Å². The van der Waals surface area contributed by atoms with E-state index in [9.17, 15) is 9.59 Å². The van der Waals surface area contributed by atoms with Crippen LogP contribution in [0.4, 0.5) is 11.4 Å². The molecule has 2 rings (SSSR count). The van der Waals surface area contributed by atoms with Gasteiger partial charge in [0.2, 0.25) is 11.8 Å². The van der Waals surface area contributed by atoms with E-state index in [0.29, 0.717) is 21.4 Å². The maximum absolute atomic E-state index is 12.1. The van der Waals surface area contributed by atoms with Crippen LogP contribution < -0.4 is 16.0 Å². The highest BCUT2D eigenvalue weighted by atomic mass is 35.5. The molecule has 0 aliphatic heterocycles. The van der Waals surface area contributed by atoms with E-state index in [0.717, 1.165) is 5.56 Å². The fourth-order valence-corrected chi connectivity index (χ4v) is 2.83. The average molecular weight is 380 g/mol. The summed E-state index contributed by atoms with van der Waals surface area (Å²) in [5, 5.41) is 9.70. The van der Waals surface area contributed by atoms with E-state index in [1.165, 1.54) is 6.92 Å². The highest BCUT2D eigenvalue weighted by molar-refractivity contribution is 6.35. The molecule has 0 aliphatic rings. The number of amides is 2. The first-order valence-corrected chi connectivity index (χ1v) is 8.46. The molecule has 0 aliphatic carbocycles. The number of nitrogens with one attached hydrogen (secondary N) is 3. The Hall–Kier alpha value is -2.08. The summed E-state index contributed by atoms with van der Waals surface area (Å²) in [4.78, 5) is 23.0. The monoisotopic (exact) mass is 379 g/mol. The number of anilines is 2. The van der Waals surface area contributed by atoms with E-state index in [4.69, 9.17) is 23.2 Å². The minimum absolute atomic E-state index is 0.0994. The molecule has 0 spiro atoms. The van der Waals surface area contributed by atoms with E-state index in [2.05, 4.69) is 16.0 Å². The molecular formula is C18H19Cl2N3O2. The van der Waals surface area contributed by atoms with E-state index >= 15 is 0 Å². The lowest BCUT2D eigenvalue weighted by Gasteiger charge is -2.16. The van der Waals surface area contributed by atoms with E-state index in [1.54, 1.807) is 36.4 Å². The lowest BCUT2D eigenvalue weighted by molar-refractivity contribution is -0.115. The summed E-state index contributed by atoms with van der Waals surface area (Å²) in [5.74, 6) is -0.319. The predicted molar refractivity (Wildman–Crippen MR) is 102 cm³/mol. The normalized spacial score (nSPS) is 11.7. The fourth-order valence-electron chi connectivity index (χ4n) is 2.25. The number of halogens is 2. The number of rotatable bonds is 6. The highest BCUT2D eigenvalue weighted by Gasteiger charge is 2.11. The molecule has 0 aromatic heterocycles. The lowest BCUT2D eigenvalue weighted by atomic mass is 10.1. The second kappa shape index (κ2) is 8.85. The van der Waals surface area contributed by atoms with Gasteiger partial charge < -0.3 is 16.0 Å². The summed E-state index contributed by atoms with van der Waals surface area (Å²) in [6, 6.07) is 12.1. The van der Waals surface area contributed by atoms with Crippen LogP contribution in [-0.2, 0) is 9.59 Å². The number of carbonyl (C=O) groups is 2. The Kier molecular flexibility index (Phi) is 6.82. The number of carbonyl (C=O) groups excluding carboxylic acids is 2. The Morgan fingerprint density at radius 1 is 1.00 bits per heavy atom. The molecular weight excluding hydrogens is 361 g/mol. The van der Waals surface area contributed by atoms with Crippen LogP contribution in [0.25, 0.3) is 0 Å². The number of hydrogen-bond acceptors (Lipinski definition) is 3. The Labute approximate surface area is 156 Å². The molecule has 0 heterocycles. The smallest absolute Gasteiger partial charge is 0.238 e. The topological polar surface area (TPSA) is 70.2 Å². The second-order valence-corrected chi connectivity index (χ2v) is 6.42. The maximum Gasteiger partial charge on any atom is 0.238 e. The molecule has 0 saturated carbocycles. The van der Waals surface area contributed by atoms with Gasteiger partial charge in [-0.05, 0) is 48.9 Å². The molecule has 25 heavy (non-hydrogen) atoms. The fraction of sp³-hybridized carbons (Fsp3) is 0.222. The van der Waals surface area contributed by atoms with Crippen LogP contribution in [0.5, 0.6) is 0 Å². The first kappa shape index (κ1) is 19.2. The molecule has 7 heteroatoms. The van der Waals surface area contributed by atoms with E-state index < -0.39 is 0 Å². The van der Waals surface area contributed by atoms with Crippen molar-refractivity contribution in [3.8, 4) is 0 Å². The van der Waals surface area contributed by atoms with Gasteiger partial charge in [-0.15, -0.1) is 0 Å². The molecule has 2 aromatic rings. The zero-order valence-corrected chi connectivity index (χ0v) is 15.4. The lowest BCUT2D eigenvalue weighted by Crippen LogP contribution is -2.30. The van der Waals surface area contributed by atoms with E-state index in [1.807, 2.05) is 13.0 Å². The van der Waals surface area contributed by atoms with Gasteiger partial charge in [-0.2, -0.15) is 0 Å². The van der Waals surface area contributed by atoms with Crippen molar-refractivity contribution in [1.29, 1.82) is 0 Å². The molecule has 1 atom stereocenters. The quantitative estimate of drug-likeness (QED) is 0.702. The van der Waals surface area contributed by atoms with Gasteiger partial charge in [-0.25, -0.2) is 0 Å². The van der Waals surface area contributed by atoms with Gasteiger partial charge in [0.15, 0.2) is 0 Å². The van der Waals surface area contributed by atoms with Crippen molar-refractivity contribution < 1.29 is 9.59 Å². The summed E-state index contributed by atoms with van der Waals surface area (Å²) >= 11 is 12.1. The van der Waals surface area contributed by atoms with Gasteiger partial charge in [-0.3, -0.25) is 9.59 Å². The molecule has 132 valence electrons. The summed E-state index contributed by atoms with van der Waals surface area (Å²) in [7, 11) is 0. The van der Waals surface area contributed by atoms with E-state index in [-0.39, 0.29) is 24.4 Å². The molecule has 5 nitrogen and oxygen atoms in total. The summed E-state index contributed by atoms with van der Waals surface area (Å²) in [6.45, 7) is 3.49. The minimum Gasteiger partial charge on any atom is -0.326 e. The van der Waals surface area contributed by atoms with Gasteiger partial charge in [0.05, 0.1) is 6.54 Å². The SMILES string of the molecule is CC(=O)Nc1ccc(NC(=O)CN[C@@H](C)c2ccc(Cl)cc2Cl)cc1. The average Bonchev–Trinajstić information content (AvgIpc) is 2.54. The Bertz CT molecular complexity index is 763. The molecule has 2 aromatic carbocycles. The van der Waals surface area contributed by atoms with Crippen molar-refractivity contribution in [2.45, 2.75) is 19.9 Å². The van der Waals surface area contributed by atoms with Crippen molar-refractivity contribution in [3.05, 3.63) is 58.1 Å². The van der Waals surface area contributed by atoms with Crippen LogP contribution in [0, 0.1) is 0 Å². The largest absolute Gasteiger partial charge is 0.326 e. The van der Waals surface area contributed by atoms with Gasteiger partial charge in [-0.1, -0.05) is 29.3 Å². The van der Waals surface area contributed by atoms with Crippen LogP contribution >= 0.6 is 23.2 Å². The Morgan fingerprint density at radius 2 is 1.60 bits per heavy atom. The molecule has 0 unspecified atom stereocenters. The third-order valence-electron chi connectivity index (χ3n) is 3.49. The third kappa shape index (κ3) is 6.05. The summed E-state index contributed by atoms with van der Waals surface area (Å²) in [6.07, 6.45) is 0. The molecule has 3 N–H and O–H groups in total. The van der Waals surface area contributed by atoms with Gasteiger partial charge in [0.1, 0.15) is 0 Å². The maximum atomic E-state index is 12.1. The zero-order valence-electron chi connectivity index (χ0n) is 13.9. The van der Waals surface area contributed by atoms with Crippen LogP contribution in [0.1, 0.15) is 25.5 Å². The van der Waals surface area contributed by atoms with Crippen LogP contribution in [0.2, 0.25) is 10.0 Å². The Morgan fingerprint density at radius 3 is 2.16 bits per heavy atom. The van der Waals surface area contributed by atoms with Crippen molar-refractivity contribution in [2.24, 2.45) is 0 Å². The van der Waals surface area contributed by atoms with Crippen molar-refractivity contribution in [1.82, 2.24) is 5.32 Å². The van der Waals surface area contributed by atoms with Crippen LogP contribution in [-0.4, -0.2) is 18.4 Å². The van der Waals surface area contributed by atoms with Gasteiger partial charge in [0, 0.05) is 34.4 Å². The second-order valence-electron chi connectivity index (χ2n) is 5.58. The zero-order chi connectivity index (χ0) is 18.4. The van der Waals surface area contributed by atoms with Crippen molar-refractivity contribution in [2.75, 3.05) is 17.2 Å². The highest BCUT2D eigenvalue weighted by Crippen LogP contribution is 2.25. The van der Waals surface area contributed by atoms with Gasteiger partial charge in [0.25, 0.3) is 0 Å². The minimum atomic E-state index is -0.177. The molecule has 0 saturated heterocycles. The summed E-state index contributed by atoms with van der Waals surface area (Å²) < 4.78 is 0. The molecule has 2 amide bonds. The molecule has 0 bridgehead atoms.